The molecule has 8 heteroatoms. The van der Waals surface area contributed by atoms with Gasteiger partial charge >= 0.3 is 0 Å². The maximum Gasteiger partial charge on any atom is 0.283 e. The molecule has 1 N–H and O–H groups in total. The van der Waals surface area contributed by atoms with Crippen LogP contribution < -0.4 is 15.7 Å². The van der Waals surface area contributed by atoms with Crippen LogP contribution in [0.2, 0.25) is 0 Å². The Morgan fingerprint density at radius 2 is 1.79 bits per heavy atom. The fourth-order valence-electron chi connectivity index (χ4n) is 2.88. The van der Waals surface area contributed by atoms with E-state index in [2.05, 4.69) is 15.5 Å². The Morgan fingerprint density at radius 3 is 2.48 bits per heavy atom. The number of carbonyl (C=O) groups excluding carboxylic acids is 1. The van der Waals surface area contributed by atoms with E-state index in [1.165, 1.54) is 12.5 Å². The fourth-order valence-corrected chi connectivity index (χ4v) is 2.88. The molecule has 2 heterocycles. The smallest absolute Gasteiger partial charge is 0.283 e. The van der Waals surface area contributed by atoms with Gasteiger partial charge in [0, 0.05) is 5.56 Å². The number of ether oxygens (including phenoxy) is 1. The van der Waals surface area contributed by atoms with Crippen LogP contribution >= 0.6 is 0 Å². The van der Waals surface area contributed by atoms with Crippen molar-refractivity contribution in [2.45, 2.75) is 20.0 Å². The molecule has 8 nitrogen and oxygen atoms in total. The summed E-state index contributed by atoms with van der Waals surface area (Å²) in [7, 11) is 0. The number of para-hydroxylation sites is 1. The van der Waals surface area contributed by atoms with E-state index in [-0.39, 0.29) is 6.10 Å². The number of amides is 1. The molecular formula is C21H19N5O3. The molecule has 0 fully saturated rings. The number of benzene rings is 2. The van der Waals surface area contributed by atoms with Crippen LogP contribution in [0.3, 0.4) is 0 Å². The first kappa shape index (κ1) is 18.4. The SMILES string of the molecule is CC(C)Oc1ccc(C(=O)Nn2cnc3c(cnn3-c3ccccc3)c2=O)cc1. The lowest BCUT2D eigenvalue weighted by Crippen LogP contribution is -2.33. The van der Waals surface area contributed by atoms with E-state index in [1.54, 1.807) is 28.9 Å². The fraction of sp³-hybridized carbons (Fsp3) is 0.143. The summed E-state index contributed by atoms with van der Waals surface area (Å²) in [6.45, 7) is 3.85. The molecule has 0 aliphatic carbocycles. The van der Waals surface area contributed by atoms with E-state index < -0.39 is 11.5 Å². The van der Waals surface area contributed by atoms with Crippen molar-refractivity contribution in [3.8, 4) is 11.4 Å². The average Bonchev–Trinajstić information content (AvgIpc) is 3.16. The van der Waals surface area contributed by atoms with Crippen molar-refractivity contribution in [2.75, 3.05) is 5.43 Å². The molecule has 2 aromatic carbocycles. The highest BCUT2D eigenvalue weighted by molar-refractivity contribution is 6.00. The molecule has 0 radical (unpaired) electrons. The van der Waals surface area contributed by atoms with E-state index in [9.17, 15) is 9.59 Å². The van der Waals surface area contributed by atoms with Gasteiger partial charge in [-0.05, 0) is 50.2 Å². The van der Waals surface area contributed by atoms with Gasteiger partial charge < -0.3 is 4.74 Å². The number of hydrogen-bond acceptors (Lipinski definition) is 5. The van der Waals surface area contributed by atoms with E-state index in [0.717, 1.165) is 10.4 Å². The second-order valence-electron chi connectivity index (χ2n) is 6.68. The number of fused-ring (bicyclic) bond motifs is 1. The summed E-state index contributed by atoms with van der Waals surface area (Å²) in [4.78, 5) is 29.6. The van der Waals surface area contributed by atoms with Gasteiger partial charge in [0.25, 0.3) is 11.5 Å². The topological polar surface area (TPSA) is 91.0 Å². The number of rotatable bonds is 5. The molecule has 0 saturated carbocycles. The molecule has 2 aromatic heterocycles. The van der Waals surface area contributed by atoms with Gasteiger partial charge in [-0.1, -0.05) is 18.2 Å². The van der Waals surface area contributed by atoms with E-state index in [0.29, 0.717) is 22.3 Å². The minimum atomic E-state index is -0.431. The molecule has 0 spiro atoms. The maximum absolute atomic E-state index is 12.8. The zero-order valence-electron chi connectivity index (χ0n) is 15.9. The normalized spacial score (nSPS) is 11.0. The summed E-state index contributed by atoms with van der Waals surface area (Å²) in [5, 5.41) is 4.56. The first-order chi connectivity index (χ1) is 14.0. The van der Waals surface area contributed by atoms with Crippen LogP contribution in [0.25, 0.3) is 16.7 Å². The molecule has 146 valence electrons. The predicted molar refractivity (Wildman–Crippen MR) is 109 cm³/mol. The third kappa shape index (κ3) is 3.73. The van der Waals surface area contributed by atoms with Crippen molar-refractivity contribution in [3.63, 3.8) is 0 Å². The molecular weight excluding hydrogens is 370 g/mol. The second kappa shape index (κ2) is 7.59. The van der Waals surface area contributed by atoms with E-state index in [4.69, 9.17) is 4.74 Å². The summed E-state index contributed by atoms with van der Waals surface area (Å²) in [6.07, 6.45) is 2.76. The number of aromatic nitrogens is 4. The van der Waals surface area contributed by atoms with Crippen LogP contribution in [0, 0.1) is 0 Å². The van der Waals surface area contributed by atoms with Gasteiger partial charge in [-0.15, -0.1) is 0 Å². The summed E-state index contributed by atoms with van der Waals surface area (Å²) in [5.74, 6) is 0.241. The Bertz CT molecular complexity index is 1210. The molecule has 4 rings (SSSR count). The Hall–Kier alpha value is -3.94. The molecule has 0 bridgehead atoms. The van der Waals surface area contributed by atoms with Crippen LogP contribution in [-0.2, 0) is 0 Å². The first-order valence-electron chi connectivity index (χ1n) is 9.12. The minimum absolute atomic E-state index is 0.0443. The highest BCUT2D eigenvalue weighted by Crippen LogP contribution is 2.15. The second-order valence-corrected chi connectivity index (χ2v) is 6.68. The van der Waals surface area contributed by atoms with Crippen LogP contribution in [0.1, 0.15) is 24.2 Å². The molecule has 0 aliphatic heterocycles. The van der Waals surface area contributed by atoms with Crippen LogP contribution in [-0.4, -0.2) is 31.5 Å². The largest absolute Gasteiger partial charge is 0.491 e. The molecule has 1 amide bonds. The molecule has 0 aliphatic rings. The average molecular weight is 389 g/mol. The van der Waals surface area contributed by atoms with Crippen molar-refractivity contribution in [1.82, 2.24) is 19.4 Å². The monoisotopic (exact) mass is 389 g/mol. The lowest BCUT2D eigenvalue weighted by Gasteiger charge is -2.11. The van der Waals surface area contributed by atoms with Crippen LogP contribution in [0.4, 0.5) is 0 Å². The van der Waals surface area contributed by atoms with Gasteiger partial charge in [-0.3, -0.25) is 15.0 Å². The third-order valence-corrected chi connectivity index (χ3v) is 4.20. The molecule has 0 atom stereocenters. The van der Waals surface area contributed by atoms with Crippen molar-refractivity contribution in [2.24, 2.45) is 0 Å². The lowest BCUT2D eigenvalue weighted by molar-refractivity contribution is 0.101. The first-order valence-corrected chi connectivity index (χ1v) is 9.12. The maximum atomic E-state index is 12.8. The Morgan fingerprint density at radius 1 is 1.07 bits per heavy atom. The van der Waals surface area contributed by atoms with Crippen LogP contribution in [0.15, 0.2) is 71.9 Å². The zero-order valence-corrected chi connectivity index (χ0v) is 15.9. The molecule has 0 saturated heterocycles. The van der Waals surface area contributed by atoms with Gasteiger partial charge in [0.1, 0.15) is 17.5 Å². The Balaban J connectivity index is 1.59. The van der Waals surface area contributed by atoms with Crippen molar-refractivity contribution in [1.29, 1.82) is 0 Å². The van der Waals surface area contributed by atoms with E-state index in [1.807, 2.05) is 44.2 Å². The van der Waals surface area contributed by atoms with Gasteiger partial charge in [-0.25, -0.2) is 14.3 Å². The predicted octanol–water partition coefficient (Wildman–Crippen LogP) is 2.75. The third-order valence-electron chi connectivity index (χ3n) is 4.20. The van der Waals surface area contributed by atoms with E-state index >= 15 is 0 Å². The quantitative estimate of drug-likeness (QED) is 0.567. The van der Waals surface area contributed by atoms with Gasteiger partial charge in [0.05, 0.1) is 18.0 Å². The molecule has 29 heavy (non-hydrogen) atoms. The summed E-state index contributed by atoms with van der Waals surface area (Å²) < 4.78 is 8.20. The van der Waals surface area contributed by atoms with Crippen molar-refractivity contribution >= 4 is 16.9 Å². The number of hydrogen-bond donors (Lipinski definition) is 1. The Kier molecular flexibility index (Phi) is 4.82. The van der Waals surface area contributed by atoms with Crippen molar-refractivity contribution in [3.05, 3.63) is 83.0 Å². The Labute approximate surface area is 166 Å². The molecule has 0 unspecified atom stereocenters. The standard InChI is InChI=1S/C21H19N5O3/c1-14(2)29-17-10-8-15(9-11-17)20(27)24-25-13-22-19-18(21(25)28)12-23-26(19)16-6-4-3-5-7-16/h3-14H,1-2H3,(H,24,27). The number of nitrogens with one attached hydrogen (secondary N) is 1. The zero-order chi connectivity index (χ0) is 20.4. The van der Waals surface area contributed by atoms with Gasteiger partial charge in [0.2, 0.25) is 0 Å². The highest BCUT2D eigenvalue weighted by Gasteiger charge is 2.13. The summed E-state index contributed by atoms with van der Waals surface area (Å²) >= 11 is 0. The van der Waals surface area contributed by atoms with Crippen LogP contribution in [0.5, 0.6) is 5.75 Å². The van der Waals surface area contributed by atoms with Gasteiger partial charge in [0.15, 0.2) is 5.65 Å². The summed E-state index contributed by atoms with van der Waals surface area (Å²) in [5.41, 5.74) is 3.75. The lowest BCUT2D eigenvalue weighted by atomic mass is 10.2. The molecule has 4 aromatic rings. The number of carbonyl (C=O) groups is 1. The minimum Gasteiger partial charge on any atom is -0.491 e. The summed E-state index contributed by atoms with van der Waals surface area (Å²) in [6, 6.07) is 16.1. The van der Waals surface area contributed by atoms with Gasteiger partial charge in [-0.2, -0.15) is 5.10 Å². The van der Waals surface area contributed by atoms with Crippen molar-refractivity contribution < 1.29 is 9.53 Å². The number of nitrogens with zero attached hydrogens (tertiary/aromatic N) is 4. The highest BCUT2D eigenvalue weighted by atomic mass is 16.5.